The smallest absolute Gasteiger partial charge is 0.269 e. The molecule has 1 N–H and O–H groups in total. The van der Waals surface area contributed by atoms with Crippen molar-refractivity contribution in [3.8, 4) is 0 Å². The predicted octanol–water partition coefficient (Wildman–Crippen LogP) is 3.36. The van der Waals surface area contributed by atoms with E-state index in [1.54, 1.807) is 19.2 Å². The van der Waals surface area contributed by atoms with E-state index in [0.717, 1.165) is 18.1 Å². The molecule has 3 rings (SSSR count). The van der Waals surface area contributed by atoms with Crippen LogP contribution in [-0.4, -0.2) is 42.5 Å². The third-order valence-electron chi connectivity index (χ3n) is 4.92. The number of ether oxygens (including phenoxy) is 1. The average molecular weight is 382 g/mol. The van der Waals surface area contributed by atoms with Crippen LogP contribution < -0.4 is 5.32 Å². The Morgan fingerprint density at radius 2 is 2.14 bits per heavy atom. The summed E-state index contributed by atoms with van der Waals surface area (Å²) in [5.41, 5.74) is 4.60. The van der Waals surface area contributed by atoms with Gasteiger partial charge < -0.3 is 15.0 Å². The largest absolute Gasteiger partial charge is 0.370 e. The van der Waals surface area contributed by atoms with Gasteiger partial charge in [0.2, 0.25) is 0 Å². The molecule has 0 radical (unpaired) electrons. The molecule has 1 unspecified atom stereocenters. The number of nitro benzene ring substituents is 1. The number of hydrogen-bond donors (Lipinski definition) is 1. The Morgan fingerprint density at radius 1 is 1.32 bits per heavy atom. The summed E-state index contributed by atoms with van der Waals surface area (Å²) in [7, 11) is 1.75. The van der Waals surface area contributed by atoms with Gasteiger partial charge >= 0.3 is 0 Å². The molecule has 1 aliphatic heterocycles. The SMILES string of the molecule is CN=C(NCc1cccc([N+](=O)[O-])c1)N1CCOC(c2ccc(C)cc2C)C1. The zero-order chi connectivity index (χ0) is 20.1. The number of nitro groups is 1. The maximum absolute atomic E-state index is 11.0. The second kappa shape index (κ2) is 8.84. The second-order valence-corrected chi connectivity index (χ2v) is 6.99. The number of morpholine rings is 1. The van der Waals surface area contributed by atoms with Gasteiger partial charge in [0.25, 0.3) is 5.69 Å². The maximum Gasteiger partial charge on any atom is 0.269 e. The molecule has 0 aliphatic carbocycles. The molecule has 2 aromatic rings. The van der Waals surface area contributed by atoms with Crippen LogP contribution in [0.25, 0.3) is 0 Å². The van der Waals surface area contributed by atoms with Crippen molar-refractivity contribution in [3.05, 3.63) is 74.8 Å². The Hall–Kier alpha value is -2.93. The van der Waals surface area contributed by atoms with Crippen molar-refractivity contribution < 1.29 is 9.66 Å². The average Bonchev–Trinajstić information content (AvgIpc) is 2.69. The van der Waals surface area contributed by atoms with E-state index in [1.807, 2.05) is 6.07 Å². The Morgan fingerprint density at radius 3 is 2.86 bits per heavy atom. The normalized spacial score (nSPS) is 17.5. The van der Waals surface area contributed by atoms with Crippen LogP contribution in [0.1, 0.15) is 28.4 Å². The number of nitrogens with zero attached hydrogens (tertiary/aromatic N) is 3. The highest BCUT2D eigenvalue weighted by Gasteiger charge is 2.25. The van der Waals surface area contributed by atoms with Crippen molar-refractivity contribution >= 4 is 11.6 Å². The third-order valence-corrected chi connectivity index (χ3v) is 4.92. The van der Waals surface area contributed by atoms with Gasteiger partial charge in [-0.1, -0.05) is 35.9 Å². The molecule has 0 saturated carbocycles. The topological polar surface area (TPSA) is 80.0 Å². The van der Waals surface area contributed by atoms with E-state index in [2.05, 4.69) is 47.3 Å². The zero-order valence-corrected chi connectivity index (χ0v) is 16.5. The summed E-state index contributed by atoms with van der Waals surface area (Å²) in [6.07, 6.45) is -0.00860. The number of aryl methyl sites for hydroxylation is 2. The van der Waals surface area contributed by atoms with Gasteiger partial charge in [0.1, 0.15) is 6.10 Å². The molecule has 2 aromatic carbocycles. The van der Waals surface area contributed by atoms with E-state index >= 15 is 0 Å². The summed E-state index contributed by atoms with van der Waals surface area (Å²) in [4.78, 5) is 17.1. The van der Waals surface area contributed by atoms with Gasteiger partial charge in [-0.15, -0.1) is 0 Å². The summed E-state index contributed by atoms with van der Waals surface area (Å²) >= 11 is 0. The lowest BCUT2D eigenvalue weighted by atomic mass is 10.00. The quantitative estimate of drug-likeness (QED) is 0.380. The molecule has 0 bridgehead atoms. The number of guanidine groups is 1. The Labute approximate surface area is 165 Å². The lowest BCUT2D eigenvalue weighted by Gasteiger charge is -2.35. The fourth-order valence-electron chi connectivity index (χ4n) is 3.51. The van der Waals surface area contributed by atoms with Gasteiger partial charge in [-0.2, -0.15) is 0 Å². The first-order valence-electron chi connectivity index (χ1n) is 9.35. The number of rotatable bonds is 4. The Kier molecular flexibility index (Phi) is 6.26. The van der Waals surface area contributed by atoms with E-state index in [-0.39, 0.29) is 16.7 Å². The third kappa shape index (κ3) is 4.67. The molecule has 0 spiro atoms. The molecular weight excluding hydrogens is 356 g/mol. The van der Waals surface area contributed by atoms with E-state index in [4.69, 9.17) is 4.74 Å². The summed E-state index contributed by atoms with van der Waals surface area (Å²) in [5.74, 6) is 0.768. The van der Waals surface area contributed by atoms with Crippen LogP contribution in [-0.2, 0) is 11.3 Å². The van der Waals surface area contributed by atoms with Gasteiger partial charge in [0.05, 0.1) is 18.1 Å². The van der Waals surface area contributed by atoms with E-state index in [0.29, 0.717) is 19.7 Å². The first kappa shape index (κ1) is 19.8. The minimum absolute atomic E-state index is 0.00860. The number of hydrogen-bond acceptors (Lipinski definition) is 4. The summed E-state index contributed by atoms with van der Waals surface area (Å²) < 4.78 is 6.02. The van der Waals surface area contributed by atoms with Crippen molar-refractivity contribution in [1.29, 1.82) is 0 Å². The highest BCUT2D eigenvalue weighted by atomic mass is 16.6. The van der Waals surface area contributed by atoms with Gasteiger partial charge in [-0.05, 0) is 30.5 Å². The van der Waals surface area contributed by atoms with E-state index in [9.17, 15) is 10.1 Å². The lowest BCUT2D eigenvalue weighted by Crippen LogP contribution is -2.48. The Bertz CT molecular complexity index is 882. The molecule has 0 aromatic heterocycles. The second-order valence-electron chi connectivity index (χ2n) is 6.99. The summed E-state index contributed by atoms with van der Waals surface area (Å²) in [6.45, 7) is 6.74. The summed E-state index contributed by atoms with van der Waals surface area (Å²) in [6, 6.07) is 13.1. The van der Waals surface area contributed by atoms with Gasteiger partial charge in [0.15, 0.2) is 5.96 Å². The molecule has 1 aliphatic rings. The molecule has 1 atom stereocenters. The van der Waals surface area contributed by atoms with Crippen molar-refractivity contribution in [3.63, 3.8) is 0 Å². The predicted molar refractivity (Wildman–Crippen MR) is 109 cm³/mol. The molecule has 28 heavy (non-hydrogen) atoms. The minimum atomic E-state index is -0.380. The fourth-order valence-corrected chi connectivity index (χ4v) is 3.51. The molecular formula is C21H26N4O3. The molecule has 1 saturated heterocycles. The number of aliphatic imine (C=N–C) groups is 1. The highest BCUT2D eigenvalue weighted by molar-refractivity contribution is 5.80. The van der Waals surface area contributed by atoms with Gasteiger partial charge in [-0.25, -0.2) is 0 Å². The van der Waals surface area contributed by atoms with Crippen LogP contribution in [0.4, 0.5) is 5.69 Å². The molecule has 7 heteroatoms. The minimum Gasteiger partial charge on any atom is -0.370 e. The van der Waals surface area contributed by atoms with Crippen LogP contribution >= 0.6 is 0 Å². The van der Waals surface area contributed by atoms with Crippen LogP contribution in [0, 0.1) is 24.0 Å². The van der Waals surface area contributed by atoms with Crippen LogP contribution in [0.3, 0.4) is 0 Å². The van der Waals surface area contributed by atoms with Crippen LogP contribution in [0.15, 0.2) is 47.5 Å². The van der Waals surface area contributed by atoms with Crippen molar-refractivity contribution in [2.45, 2.75) is 26.5 Å². The zero-order valence-electron chi connectivity index (χ0n) is 16.5. The molecule has 148 valence electrons. The molecule has 0 amide bonds. The number of nitrogens with one attached hydrogen (secondary N) is 1. The highest BCUT2D eigenvalue weighted by Crippen LogP contribution is 2.26. The standard InChI is InChI=1S/C21H26N4O3/c1-15-7-8-19(16(2)11-15)20-14-24(9-10-28-20)21(22-3)23-13-17-5-4-6-18(12-17)25(26)27/h4-8,11-12,20H,9-10,13-14H2,1-3H3,(H,22,23). The fraction of sp³-hybridized carbons (Fsp3) is 0.381. The first-order valence-corrected chi connectivity index (χ1v) is 9.35. The maximum atomic E-state index is 11.0. The molecule has 1 heterocycles. The lowest BCUT2D eigenvalue weighted by molar-refractivity contribution is -0.384. The summed E-state index contributed by atoms with van der Waals surface area (Å²) in [5, 5.41) is 14.3. The monoisotopic (exact) mass is 382 g/mol. The van der Waals surface area contributed by atoms with Crippen molar-refractivity contribution in [2.24, 2.45) is 4.99 Å². The molecule has 1 fully saturated rings. The van der Waals surface area contributed by atoms with E-state index in [1.165, 1.54) is 22.8 Å². The van der Waals surface area contributed by atoms with E-state index < -0.39 is 0 Å². The van der Waals surface area contributed by atoms with Crippen LogP contribution in [0.5, 0.6) is 0 Å². The van der Waals surface area contributed by atoms with Crippen molar-refractivity contribution in [2.75, 3.05) is 26.7 Å². The first-order chi connectivity index (χ1) is 13.5. The Balaban J connectivity index is 1.67. The van der Waals surface area contributed by atoms with Gasteiger partial charge in [-0.3, -0.25) is 15.1 Å². The van der Waals surface area contributed by atoms with Crippen LogP contribution in [0.2, 0.25) is 0 Å². The van der Waals surface area contributed by atoms with Crippen molar-refractivity contribution in [1.82, 2.24) is 10.2 Å². The number of benzene rings is 2. The van der Waals surface area contributed by atoms with Gasteiger partial charge in [0, 0.05) is 32.3 Å². The number of non-ortho nitro benzene ring substituents is 1. The molecule has 7 nitrogen and oxygen atoms in total.